The van der Waals surface area contributed by atoms with Gasteiger partial charge in [0.05, 0.1) is 7.11 Å². The van der Waals surface area contributed by atoms with Crippen molar-refractivity contribution in [3.8, 4) is 5.75 Å². The molecule has 0 aromatic heterocycles. The van der Waals surface area contributed by atoms with Gasteiger partial charge < -0.3 is 9.84 Å². The fourth-order valence-corrected chi connectivity index (χ4v) is 1.07. The van der Waals surface area contributed by atoms with Crippen LogP contribution in [-0.4, -0.2) is 23.7 Å². The van der Waals surface area contributed by atoms with Gasteiger partial charge in [0.15, 0.2) is 0 Å². The van der Waals surface area contributed by atoms with E-state index in [0.29, 0.717) is 11.3 Å². The highest BCUT2D eigenvalue weighted by molar-refractivity contribution is 5.28. The molecule has 0 aliphatic rings. The first-order valence-electron chi connectivity index (χ1n) is 4.07. The lowest BCUT2D eigenvalue weighted by Gasteiger charge is -2.06. The van der Waals surface area contributed by atoms with Gasteiger partial charge in [-0.15, -0.1) is 0 Å². The van der Waals surface area contributed by atoms with E-state index in [0.717, 1.165) is 0 Å². The fourth-order valence-electron chi connectivity index (χ4n) is 1.07. The number of aliphatic hydroxyl groups is 1. The van der Waals surface area contributed by atoms with Crippen LogP contribution in [0.5, 0.6) is 5.75 Å². The van der Waals surface area contributed by atoms with E-state index >= 15 is 0 Å². The highest BCUT2D eigenvalue weighted by Crippen LogP contribution is 2.17. The maximum absolute atomic E-state index is 10.1. The zero-order chi connectivity index (χ0) is 10.6. The topological polar surface area (TPSA) is 72.6 Å². The van der Waals surface area contributed by atoms with E-state index in [9.17, 15) is 15.2 Å². The average molecular weight is 197 g/mol. The molecule has 0 saturated carbocycles. The van der Waals surface area contributed by atoms with E-state index in [2.05, 4.69) is 0 Å². The molecule has 5 nitrogen and oxygen atoms in total. The SMILES string of the molecule is COc1ccc([C@@H](O)C[N+](=O)[O-])cc1. The predicted molar refractivity (Wildman–Crippen MR) is 49.8 cm³/mol. The van der Waals surface area contributed by atoms with Crippen molar-refractivity contribution in [3.63, 3.8) is 0 Å². The van der Waals surface area contributed by atoms with E-state index in [1.54, 1.807) is 24.3 Å². The van der Waals surface area contributed by atoms with E-state index in [1.807, 2.05) is 0 Å². The molecule has 14 heavy (non-hydrogen) atoms. The van der Waals surface area contributed by atoms with Crippen molar-refractivity contribution in [1.29, 1.82) is 0 Å². The molecule has 1 N–H and O–H groups in total. The van der Waals surface area contributed by atoms with Crippen LogP contribution >= 0.6 is 0 Å². The summed E-state index contributed by atoms with van der Waals surface area (Å²) in [5.74, 6) is 0.655. The van der Waals surface area contributed by atoms with E-state index in [-0.39, 0.29) is 0 Å². The van der Waals surface area contributed by atoms with Gasteiger partial charge in [-0.3, -0.25) is 10.1 Å². The van der Waals surface area contributed by atoms with Crippen LogP contribution in [0.2, 0.25) is 0 Å². The zero-order valence-corrected chi connectivity index (χ0v) is 7.71. The molecule has 5 heteroatoms. The molecule has 0 heterocycles. The summed E-state index contributed by atoms with van der Waals surface area (Å²) in [7, 11) is 1.53. The van der Waals surface area contributed by atoms with Crippen LogP contribution < -0.4 is 4.74 Å². The summed E-state index contributed by atoms with van der Waals surface area (Å²) < 4.78 is 4.91. The predicted octanol–water partition coefficient (Wildman–Crippen LogP) is 1.01. The van der Waals surface area contributed by atoms with E-state index in [1.165, 1.54) is 7.11 Å². The molecule has 1 rings (SSSR count). The van der Waals surface area contributed by atoms with Crippen molar-refractivity contribution in [2.24, 2.45) is 0 Å². The second kappa shape index (κ2) is 4.57. The molecule has 0 fully saturated rings. The highest BCUT2D eigenvalue weighted by Gasteiger charge is 2.13. The summed E-state index contributed by atoms with van der Waals surface area (Å²) in [4.78, 5) is 9.58. The first kappa shape index (κ1) is 10.5. The minimum absolute atomic E-state index is 0.480. The Morgan fingerprint density at radius 2 is 2.07 bits per heavy atom. The van der Waals surface area contributed by atoms with Crippen LogP contribution in [-0.2, 0) is 0 Å². The number of aliphatic hydroxyl groups excluding tert-OH is 1. The molecule has 0 aliphatic carbocycles. The van der Waals surface area contributed by atoms with Crippen LogP contribution in [0.15, 0.2) is 24.3 Å². The van der Waals surface area contributed by atoms with Gasteiger partial charge in [-0.25, -0.2) is 0 Å². The third kappa shape index (κ3) is 2.70. The van der Waals surface area contributed by atoms with E-state index < -0.39 is 17.6 Å². The summed E-state index contributed by atoms with van der Waals surface area (Å²) in [5, 5.41) is 19.5. The zero-order valence-electron chi connectivity index (χ0n) is 7.71. The lowest BCUT2D eigenvalue weighted by molar-refractivity contribution is -0.491. The van der Waals surface area contributed by atoms with Crippen LogP contribution in [0.25, 0.3) is 0 Å². The molecule has 0 aliphatic heterocycles. The summed E-state index contributed by atoms with van der Waals surface area (Å²) in [6.45, 7) is -0.480. The van der Waals surface area contributed by atoms with Crippen LogP contribution in [0, 0.1) is 10.1 Å². The van der Waals surface area contributed by atoms with Crippen LogP contribution in [0.1, 0.15) is 11.7 Å². The molecule has 1 aromatic rings. The summed E-state index contributed by atoms with van der Waals surface area (Å²) in [5.41, 5.74) is 0.516. The minimum atomic E-state index is -1.06. The Bertz CT molecular complexity index is 309. The Labute approximate surface area is 81.1 Å². The van der Waals surface area contributed by atoms with Gasteiger partial charge in [0.25, 0.3) is 0 Å². The third-order valence-corrected chi connectivity index (χ3v) is 1.82. The standard InChI is InChI=1S/C9H11NO4/c1-14-8-4-2-7(3-5-8)9(11)6-10(12)13/h2-5,9,11H,6H2,1H3/t9-/m0/s1. The molecule has 0 saturated heterocycles. The molecule has 0 radical (unpaired) electrons. The first-order valence-corrected chi connectivity index (χ1v) is 4.07. The van der Waals surface area contributed by atoms with Crippen molar-refractivity contribution in [2.45, 2.75) is 6.10 Å². The maximum atomic E-state index is 10.1. The highest BCUT2D eigenvalue weighted by atomic mass is 16.6. The molecule has 76 valence electrons. The second-order valence-corrected chi connectivity index (χ2v) is 2.80. The second-order valence-electron chi connectivity index (χ2n) is 2.80. The molecular weight excluding hydrogens is 186 g/mol. The van der Waals surface area contributed by atoms with Gasteiger partial charge in [-0.1, -0.05) is 12.1 Å². The van der Waals surface area contributed by atoms with Crippen molar-refractivity contribution in [3.05, 3.63) is 39.9 Å². The maximum Gasteiger partial charge on any atom is 0.233 e. The number of hydrogen-bond donors (Lipinski definition) is 1. The largest absolute Gasteiger partial charge is 0.497 e. The summed E-state index contributed by atoms with van der Waals surface area (Å²) >= 11 is 0. The number of hydrogen-bond acceptors (Lipinski definition) is 4. The van der Waals surface area contributed by atoms with E-state index in [4.69, 9.17) is 4.74 Å². The fraction of sp³-hybridized carbons (Fsp3) is 0.333. The first-order chi connectivity index (χ1) is 6.63. The van der Waals surface area contributed by atoms with Crippen molar-refractivity contribution in [2.75, 3.05) is 13.7 Å². The van der Waals surface area contributed by atoms with Gasteiger partial charge in [-0.05, 0) is 17.7 Å². The minimum Gasteiger partial charge on any atom is -0.497 e. The summed E-state index contributed by atoms with van der Waals surface area (Å²) in [6.07, 6.45) is -1.06. The lowest BCUT2D eigenvalue weighted by atomic mass is 10.1. The van der Waals surface area contributed by atoms with Gasteiger partial charge in [0.1, 0.15) is 11.9 Å². The van der Waals surface area contributed by atoms with Crippen LogP contribution in [0.4, 0.5) is 0 Å². The van der Waals surface area contributed by atoms with Crippen molar-refractivity contribution < 1.29 is 14.8 Å². The number of ether oxygens (including phenoxy) is 1. The number of benzene rings is 1. The monoisotopic (exact) mass is 197 g/mol. The molecule has 0 bridgehead atoms. The number of nitro groups is 1. The van der Waals surface area contributed by atoms with Gasteiger partial charge in [0, 0.05) is 4.92 Å². The average Bonchev–Trinajstić information content (AvgIpc) is 2.17. The lowest BCUT2D eigenvalue weighted by Crippen LogP contribution is -2.11. The van der Waals surface area contributed by atoms with Crippen molar-refractivity contribution in [1.82, 2.24) is 0 Å². The Balaban J connectivity index is 2.71. The number of methoxy groups -OCH3 is 1. The molecule has 1 atom stereocenters. The van der Waals surface area contributed by atoms with Gasteiger partial charge in [-0.2, -0.15) is 0 Å². The van der Waals surface area contributed by atoms with Crippen LogP contribution in [0.3, 0.4) is 0 Å². The summed E-state index contributed by atoms with van der Waals surface area (Å²) in [6, 6.07) is 6.51. The Hall–Kier alpha value is -1.62. The normalized spacial score (nSPS) is 12.1. The molecule has 0 unspecified atom stereocenters. The van der Waals surface area contributed by atoms with Crippen molar-refractivity contribution >= 4 is 0 Å². The molecule has 1 aromatic carbocycles. The quantitative estimate of drug-likeness (QED) is 0.577. The Kier molecular flexibility index (Phi) is 3.41. The molecule has 0 amide bonds. The number of nitrogens with zero attached hydrogens (tertiary/aromatic N) is 1. The Morgan fingerprint density at radius 1 is 1.50 bits per heavy atom. The van der Waals surface area contributed by atoms with Gasteiger partial charge >= 0.3 is 0 Å². The van der Waals surface area contributed by atoms with Gasteiger partial charge in [0.2, 0.25) is 6.54 Å². The smallest absolute Gasteiger partial charge is 0.233 e. The molecule has 0 spiro atoms. The Morgan fingerprint density at radius 3 is 2.50 bits per heavy atom. The molecular formula is C9H11NO4. The number of rotatable bonds is 4. The third-order valence-electron chi connectivity index (χ3n) is 1.82.